The number of aryl methyl sites for hydroxylation is 1. The average molecular weight is 172 g/mol. The van der Waals surface area contributed by atoms with Crippen molar-refractivity contribution in [1.29, 1.82) is 0 Å². The molecule has 0 spiro atoms. The Bertz CT molecular complexity index is 260. The first kappa shape index (κ1) is 9.26. The van der Waals surface area contributed by atoms with Gasteiger partial charge in [-0.3, -0.25) is 0 Å². The van der Waals surface area contributed by atoms with Crippen molar-refractivity contribution < 1.29 is 13.9 Å². The Hall–Kier alpha value is -0.830. The van der Waals surface area contributed by atoms with Gasteiger partial charge in [-0.25, -0.2) is 4.39 Å². The van der Waals surface area contributed by atoms with Gasteiger partial charge in [-0.15, -0.1) is 0 Å². The second kappa shape index (κ2) is 2.90. The van der Waals surface area contributed by atoms with Crippen LogP contribution in [0.2, 0.25) is 0 Å². The predicted octanol–water partition coefficient (Wildman–Crippen LogP) is 2.37. The normalized spacial score (nSPS) is 14.8. The molecule has 12 heavy (non-hydrogen) atoms. The maximum absolute atomic E-state index is 13.2. The smallest absolute Gasteiger partial charge is 0.145 e. The fourth-order valence-electron chi connectivity index (χ4n) is 0.939. The van der Waals surface area contributed by atoms with E-state index in [1.807, 2.05) is 0 Å². The minimum Gasteiger partial charge on any atom is -0.463 e. The van der Waals surface area contributed by atoms with Crippen LogP contribution in [0.1, 0.15) is 31.5 Å². The lowest BCUT2D eigenvalue weighted by molar-refractivity contribution is 0.00149. The molecular weight excluding hydrogens is 159 g/mol. The molecule has 0 saturated heterocycles. The number of hydrogen-bond donors (Lipinski definition) is 1. The molecular formula is C9H13FO2. The molecule has 1 aromatic heterocycles. The summed E-state index contributed by atoms with van der Waals surface area (Å²) < 4.78 is 18.2. The van der Waals surface area contributed by atoms with Gasteiger partial charge in [0, 0.05) is 0 Å². The quantitative estimate of drug-likeness (QED) is 0.742. The first-order chi connectivity index (χ1) is 5.41. The highest BCUT2D eigenvalue weighted by atomic mass is 19.1. The Balaban J connectivity index is 2.85. The summed E-state index contributed by atoms with van der Waals surface area (Å²) >= 11 is 0. The lowest BCUT2D eigenvalue weighted by atomic mass is 10.0. The van der Waals surface area contributed by atoms with Crippen LogP contribution in [0, 0.1) is 6.92 Å². The molecule has 0 saturated carbocycles. The third-order valence-electron chi connectivity index (χ3n) is 1.68. The molecule has 0 bridgehead atoms. The molecule has 0 radical (unpaired) electrons. The topological polar surface area (TPSA) is 33.4 Å². The average Bonchev–Trinajstić information content (AvgIpc) is 2.32. The van der Waals surface area contributed by atoms with E-state index in [0.717, 1.165) is 0 Å². The van der Waals surface area contributed by atoms with Crippen molar-refractivity contribution in [3.8, 4) is 0 Å². The van der Waals surface area contributed by atoms with Crippen LogP contribution >= 0.6 is 0 Å². The predicted molar refractivity (Wildman–Crippen MR) is 43.6 cm³/mol. The van der Waals surface area contributed by atoms with E-state index >= 15 is 0 Å². The van der Waals surface area contributed by atoms with E-state index in [4.69, 9.17) is 4.42 Å². The zero-order valence-electron chi connectivity index (χ0n) is 7.47. The van der Waals surface area contributed by atoms with E-state index in [-0.39, 0.29) is 5.76 Å². The monoisotopic (exact) mass is 172 g/mol. The Morgan fingerprint density at radius 3 is 2.42 bits per heavy atom. The Morgan fingerprint density at radius 1 is 1.50 bits per heavy atom. The van der Waals surface area contributed by atoms with Crippen molar-refractivity contribution >= 4 is 0 Å². The van der Waals surface area contributed by atoms with Gasteiger partial charge in [0.25, 0.3) is 0 Å². The van der Waals surface area contributed by atoms with Crippen LogP contribution < -0.4 is 0 Å². The summed E-state index contributed by atoms with van der Waals surface area (Å²) in [6.07, 6.45) is -1.19. The summed E-state index contributed by atoms with van der Waals surface area (Å²) in [5.74, 6) is 0.952. The van der Waals surface area contributed by atoms with Gasteiger partial charge in [-0.1, -0.05) is 0 Å². The highest BCUT2D eigenvalue weighted by Gasteiger charge is 2.30. The summed E-state index contributed by atoms with van der Waals surface area (Å²) in [6.45, 7) is 4.38. The fourth-order valence-corrected chi connectivity index (χ4v) is 0.939. The Morgan fingerprint density at radius 2 is 2.08 bits per heavy atom. The van der Waals surface area contributed by atoms with Crippen LogP contribution in [0.5, 0.6) is 0 Å². The molecule has 1 heterocycles. The van der Waals surface area contributed by atoms with Crippen molar-refractivity contribution in [2.45, 2.75) is 32.5 Å². The number of rotatable bonds is 2. The van der Waals surface area contributed by atoms with Crippen molar-refractivity contribution in [2.75, 3.05) is 0 Å². The molecule has 0 aromatic carbocycles. The second-order valence-electron chi connectivity index (χ2n) is 3.42. The number of hydrogen-bond acceptors (Lipinski definition) is 2. The molecule has 0 amide bonds. The van der Waals surface area contributed by atoms with Crippen LogP contribution in [-0.2, 0) is 0 Å². The maximum Gasteiger partial charge on any atom is 0.145 e. The minimum absolute atomic E-state index is 0.278. The SMILES string of the molecule is Cc1ccc(C(O)C(C)(C)F)o1. The van der Waals surface area contributed by atoms with E-state index in [1.165, 1.54) is 13.8 Å². The van der Waals surface area contributed by atoms with Gasteiger partial charge in [0.1, 0.15) is 23.3 Å². The van der Waals surface area contributed by atoms with Gasteiger partial charge < -0.3 is 9.52 Å². The summed E-state index contributed by atoms with van der Waals surface area (Å²) in [7, 11) is 0. The Kier molecular flexibility index (Phi) is 2.24. The lowest BCUT2D eigenvalue weighted by Gasteiger charge is -2.19. The van der Waals surface area contributed by atoms with Gasteiger partial charge in [0.05, 0.1) is 0 Å². The van der Waals surface area contributed by atoms with Crippen LogP contribution in [0.4, 0.5) is 4.39 Å². The molecule has 1 unspecified atom stereocenters. The van der Waals surface area contributed by atoms with Crippen LogP contribution in [-0.4, -0.2) is 10.8 Å². The van der Waals surface area contributed by atoms with E-state index in [2.05, 4.69) is 0 Å². The summed E-state index contributed by atoms with van der Waals surface area (Å²) in [5.41, 5.74) is -1.66. The van der Waals surface area contributed by atoms with E-state index in [1.54, 1.807) is 19.1 Å². The van der Waals surface area contributed by atoms with Crippen LogP contribution in [0.25, 0.3) is 0 Å². The molecule has 1 aromatic rings. The molecule has 0 aliphatic rings. The molecule has 0 aliphatic carbocycles. The van der Waals surface area contributed by atoms with Gasteiger partial charge in [-0.2, -0.15) is 0 Å². The van der Waals surface area contributed by atoms with Gasteiger partial charge in [0.15, 0.2) is 0 Å². The van der Waals surface area contributed by atoms with Gasteiger partial charge in [-0.05, 0) is 32.9 Å². The number of aliphatic hydroxyl groups is 1. The summed E-state index contributed by atoms with van der Waals surface area (Å²) in [5, 5.41) is 9.40. The van der Waals surface area contributed by atoms with Crippen LogP contribution in [0.15, 0.2) is 16.5 Å². The molecule has 3 heteroatoms. The van der Waals surface area contributed by atoms with Gasteiger partial charge in [0.2, 0.25) is 0 Å². The molecule has 0 aliphatic heterocycles. The molecule has 1 N–H and O–H groups in total. The molecule has 1 rings (SSSR count). The molecule has 1 atom stereocenters. The number of halogens is 1. The fraction of sp³-hybridized carbons (Fsp3) is 0.556. The zero-order chi connectivity index (χ0) is 9.35. The molecule has 0 fully saturated rings. The van der Waals surface area contributed by atoms with E-state index in [0.29, 0.717) is 5.76 Å². The van der Waals surface area contributed by atoms with E-state index in [9.17, 15) is 9.50 Å². The van der Waals surface area contributed by atoms with Crippen molar-refractivity contribution in [2.24, 2.45) is 0 Å². The largest absolute Gasteiger partial charge is 0.463 e. The molecule has 68 valence electrons. The Labute approximate surface area is 71.0 Å². The number of furan rings is 1. The highest BCUT2D eigenvalue weighted by molar-refractivity contribution is 5.10. The summed E-state index contributed by atoms with van der Waals surface area (Å²) in [6, 6.07) is 3.28. The lowest BCUT2D eigenvalue weighted by Crippen LogP contribution is -2.22. The highest BCUT2D eigenvalue weighted by Crippen LogP contribution is 2.29. The first-order valence-electron chi connectivity index (χ1n) is 3.84. The van der Waals surface area contributed by atoms with Crippen molar-refractivity contribution in [3.63, 3.8) is 0 Å². The summed E-state index contributed by atoms with van der Waals surface area (Å²) in [4.78, 5) is 0. The maximum atomic E-state index is 13.2. The minimum atomic E-state index is -1.66. The third-order valence-corrected chi connectivity index (χ3v) is 1.68. The van der Waals surface area contributed by atoms with Crippen LogP contribution in [0.3, 0.4) is 0 Å². The number of aliphatic hydroxyl groups excluding tert-OH is 1. The number of alkyl halides is 1. The van der Waals surface area contributed by atoms with E-state index < -0.39 is 11.8 Å². The first-order valence-corrected chi connectivity index (χ1v) is 3.84. The molecule has 2 nitrogen and oxygen atoms in total. The second-order valence-corrected chi connectivity index (χ2v) is 3.42. The van der Waals surface area contributed by atoms with Crippen molar-refractivity contribution in [1.82, 2.24) is 0 Å². The van der Waals surface area contributed by atoms with Gasteiger partial charge >= 0.3 is 0 Å². The zero-order valence-corrected chi connectivity index (χ0v) is 7.47. The third kappa shape index (κ3) is 1.85. The van der Waals surface area contributed by atoms with Crippen molar-refractivity contribution in [3.05, 3.63) is 23.7 Å². The standard InChI is InChI=1S/C9H13FO2/c1-6-4-5-7(12-6)8(11)9(2,3)10/h4-5,8,11H,1-3H3.